The number of likely N-dealkylation sites (N-methyl/N-ethyl adjacent to an activating group) is 1. The Balaban J connectivity index is 1.71. The summed E-state index contributed by atoms with van der Waals surface area (Å²) in [6.07, 6.45) is 4.17. The Labute approximate surface area is 128 Å². The van der Waals surface area contributed by atoms with Gasteiger partial charge in [-0.2, -0.15) is 0 Å². The Morgan fingerprint density at radius 1 is 1.18 bits per heavy atom. The summed E-state index contributed by atoms with van der Waals surface area (Å²) in [6.45, 7) is 0. The van der Waals surface area contributed by atoms with Gasteiger partial charge in [-0.15, -0.1) is 0 Å². The van der Waals surface area contributed by atoms with Crippen LogP contribution in [0.2, 0.25) is 0 Å². The normalized spacial score (nSPS) is 21.8. The number of aromatic amines is 1. The van der Waals surface area contributed by atoms with Crippen molar-refractivity contribution in [3.05, 3.63) is 54.1 Å². The zero-order chi connectivity index (χ0) is 15.5. The highest BCUT2D eigenvalue weighted by Gasteiger charge is 2.38. The Bertz CT molecular complexity index is 654. The van der Waals surface area contributed by atoms with Crippen molar-refractivity contribution in [2.45, 2.75) is 24.9 Å². The molecule has 6 nitrogen and oxygen atoms in total. The molecular weight excluding hydrogens is 280 g/mol. The van der Waals surface area contributed by atoms with Gasteiger partial charge in [0.25, 0.3) is 0 Å². The third kappa shape index (κ3) is 2.86. The molecule has 1 saturated heterocycles. The lowest BCUT2D eigenvalue weighted by Crippen LogP contribution is -2.63. The van der Waals surface area contributed by atoms with Crippen LogP contribution in [0.1, 0.15) is 11.3 Å². The number of benzene rings is 1. The van der Waals surface area contributed by atoms with E-state index in [-0.39, 0.29) is 11.8 Å². The minimum Gasteiger partial charge on any atom is -0.348 e. The molecule has 2 heterocycles. The molecule has 3 rings (SSSR count). The Hall–Kier alpha value is -2.63. The van der Waals surface area contributed by atoms with Crippen LogP contribution in [0.3, 0.4) is 0 Å². The largest absolute Gasteiger partial charge is 0.348 e. The van der Waals surface area contributed by atoms with Gasteiger partial charge in [0.15, 0.2) is 0 Å². The minimum absolute atomic E-state index is 0.0740. The molecule has 6 heteroatoms. The molecule has 22 heavy (non-hydrogen) atoms. The fourth-order valence-corrected chi connectivity index (χ4v) is 2.73. The number of hydrogen-bond donors (Lipinski definition) is 2. The van der Waals surface area contributed by atoms with Crippen molar-refractivity contribution in [3.63, 3.8) is 0 Å². The average Bonchev–Trinajstić information content (AvgIpc) is 3.03. The van der Waals surface area contributed by atoms with Crippen LogP contribution in [0.25, 0.3) is 0 Å². The summed E-state index contributed by atoms with van der Waals surface area (Å²) in [4.78, 5) is 33.3. The van der Waals surface area contributed by atoms with Gasteiger partial charge in [0.1, 0.15) is 12.1 Å². The molecule has 0 spiro atoms. The van der Waals surface area contributed by atoms with E-state index in [1.165, 1.54) is 0 Å². The maximum absolute atomic E-state index is 12.5. The van der Waals surface area contributed by atoms with E-state index in [0.717, 1.165) is 11.3 Å². The standard InChI is InChI=1S/C16H18N4O2/c1-20-14(7-11-5-3-2-4-6-11)15(21)19-13(16(20)22)8-12-9-17-10-18-12/h2-6,9-10,13-14H,7-8H2,1H3,(H,17,18)(H,19,21)/t13-,14-/m0/s1. The fraction of sp³-hybridized carbons (Fsp3) is 0.312. The van der Waals surface area contributed by atoms with E-state index in [1.807, 2.05) is 30.3 Å². The van der Waals surface area contributed by atoms with Crippen molar-refractivity contribution >= 4 is 11.8 Å². The first-order valence-corrected chi connectivity index (χ1v) is 7.23. The summed E-state index contributed by atoms with van der Waals surface area (Å²) in [7, 11) is 1.69. The highest BCUT2D eigenvalue weighted by Crippen LogP contribution is 2.15. The van der Waals surface area contributed by atoms with E-state index >= 15 is 0 Å². The van der Waals surface area contributed by atoms with Crippen LogP contribution < -0.4 is 5.32 Å². The number of amides is 2. The smallest absolute Gasteiger partial charge is 0.245 e. The van der Waals surface area contributed by atoms with Gasteiger partial charge in [-0.3, -0.25) is 9.59 Å². The Kier molecular flexibility index (Phi) is 3.91. The first-order valence-electron chi connectivity index (χ1n) is 7.23. The summed E-state index contributed by atoms with van der Waals surface area (Å²) in [6, 6.07) is 8.71. The summed E-state index contributed by atoms with van der Waals surface area (Å²) >= 11 is 0. The number of carbonyl (C=O) groups excluding carboxylic acids is 2. The van der Waals surface area contributed by atoms with E-state index in [9.17, 15) is 9.59 Å². The van der Waals surface area contributed by atoms with Crippen LogP contribution in [0.4, 0.5) is 0 Å². The molecule has 0 unspecified atom stereocenters. The van der Waals surface area contributed by atoms with Gasteiger partial charge in [-0.1, -0.05) is 30.3 Å². The molecule has 2 atom stereocenters. The predicted molar refractivity (Wildman–Crippen MR) is 80.9 cm³/mol. The van der Waals surface area contributed by atoms with Crippen LogP contribution in [0, 0.1) is 0 Å². The molecule has 0 aliphatic carbocycles. The molecule has 2 aromatic rings. The molecule has 0 saturated carbocycles. The number of nitrogens with zero attached hydrogens (tertiary/aromatic N) is 2. The molecule has 1 aromatic carbocycles. The molecule has 114 valence electrons. The topological polar surface area (TPSA) is 78.1 Å². The van der Waals surface area contributed by atoms with Crippen LogP contribution in [0.15, 0.2) is 42.9 Å². The number of H-pyrrole nitrogens is 1. The highest BCUT2D eigenvalue weighted by atomic mass is 16.2. The van der Waals surface area contributed by atoms with Gasteiger partial charge >= 0.3 is 0 Å². The van der Waals surface area contributed by atoms with Gasteiger partial charge in [0, 0.05) is 31.8 Å². The maximum atomic E-state index is 12.5. The average molecular weight is 298 g/mol. The van der Waals surface area contributed by atoms with E-state index in [2.05, 4.69) is 15.3 Å². The van der Waals surface area contributed by atoms with E-state index in [4.69, 9.17) is 0 Å². The minimum atomic E-state index is -0.537. The summed E-state index contributed by atoms with van der Waals surface area (Å²) < 4.78 is 0. The maximum Gasteiger partial charge on any atom is 0.245 e. The Morgan fingerprint density at radius 3 is 2.64 bits per heavy atom. The zero-order valence-corrected chi connectivity index (χ0v) is 12.3. The molecule has 2 N–H and O–H groups in total. The number of piperazine rings is 1. The predicted octanol–water partition coefficient (Wildman–Crippen LogP) is 0.520. The number of nitrogens with one attached hydrogen (secondary N) is 2. The molecule has 1 aliphatic rings. The third-order valence-electron chi connectivity index (χ3n) is 3.98. The molecular formula is C16H18N4O2. The summed E-state index contributed by atoms with van der Waals surface area (Å²) in [5.74, 6) is -0.189. The van der Waals surface area contributed by atoms with Crippen molar-refractivity contribution in [1.82, 2.24) is 20.2 Å². The van der Waals surface area contributed by atoms with Gasteiger partial charge in [0.2, 0.25) is 11.8 Å². The molecule has 2 amide bonds. The third-order valence-corrected chi connectivity index (χ3v) is 3.98. The summed E-state index contributed by atoms with van der Waals surface area (Å²) in [5.41, 5.74) is 1.86. The molecule has 0 radical (unpaired) electrons. The number of hydrogen-bond acceptors (Lipinski definition) is 3. The lowest BCUT2D eigenvalue weighted by atomic mass is 9.99. The van der Waals surface area contributed by atoms with Crippen LogP contribution in [-0.2, 0) is 22.4 Å². The lowest BCUT2D eigenvalue weighted by molar-refractivity contribution is -0.147. The Morgan fingerprint density at radius 2 is 1.95 bits per heavy atom. The van der Waals surface area contributed by atoms with E-state index in [0.29, 0.717) is 12.8 Å². The highest BCUT2D eigenvalue weighted by molar-refractivity contribution is 5.97. The second-order valence-corrected chi connectivity index (χ2v) is 5.50. The number of carbonyl (C=O) groups is 2. The quantitative estimate of drug-likeness (QED) is 0.864. The van der Waals surface area contributed by atoms with Crippen molar-refractivity contribution < 1.29 is 9.59 Å². The van der Waals surface area contributed by atoms with Gasteiger partial charge in [-0.05, 0) is 5.56 Å². The second kappa shape index (κ2) is 6.01. The van der Waals surface area contributed by atoms with Crippen molar-refractivity contribution in [2.75, 3.05) is 7.05 Å². The van der Waals surface area contributed by atoms with Crippen molar-refractivity contribution in [1.29, 1.82) is 0 Å². The van der Waals surface area contributed by atoms with E-state index < -0.39 is 12.1 Å². The first kappa shape index (κ1) is 14.3. The first-order chi connectivity index (χ1) is 10.6. The number of rotatable bonds is 4. The number of aromatic nitrogens is 2. The van der Waals surface area contributed by atoms with Crippen LogP contribution in [-0.4, -0.2) is 45.8 Å². The second-order valence-electron chi connectivity index (χ2n) is 5.50. The zero-order valence-electron chi connectivity index (χ0n) is 12.3. The van der Waals surface area contributed by atoms with Crippen LogP contribution in [0.5, 0.6) is 0 Å². The lowest BCUT2D eigenvalue weighted by Gasteiger charge is -2.36. The molecule has 1 aromatic heterocycles. The molecule has 1 aliphatic heterocycles. The van der Waals surface area contributed by atoms with Gasteiger partial charge in [-0.25, -0.2) is 4.98 Å². The van der Waals surface area contributed by atoms with Crippen molar-refractivity contribution in [2.24, 2.45) is 0 Å². The monoisotopic (exact) mass is 298 g/mol. The van der Waals surface area contributed by atoms with Crippen molar-refractivity contribution in [3.8, 4) is 0 Å². The van der Waals surface area contributed by atoms with Gasteiger partial charge < -0.3 is 15.2 Å². The number of imidazole rings is 1. The summed E-state index contributed by atoms with van der Waals surface area (Å²) in [5, 5.41) is 2.83. The SMILES string of the molecule is CN1C(=O)[C@H](Cc2cnc[nH]2)NC(=O)[C@@H]1Cc1ccccc1. The van der Waals surface area contributed by atoms with Crippen LogP contribution >= 0.6 is 0 Å². The fourth-order valence-electron chi connectivity index (χ4n) is 2.73. The molecule has 0 bridgehead atoms. The van der Waals surface area contributed by atoms with Gasteiger partial charge in [0.05, 0.1) is 6.33 Å². The molecule has 1 fully saturated rings. The van der Waals surface area contributed by atoms with E-state index in [1.54, 1.807) is 24.5 Å².